The van der Waals surface area contributed by atoms with Gasteiger partial charge in [0.1, 0.15) is 0 Å². The summed E-state index contributed by atoms with van der Waals surface area (Å²) in [4.78, 5) is 21.5. The van der Waals surface area contributed by atoms with Gasteiger partial charge in [-0.05, 0) is 24.5 Å². The average Bonchev–Trinajstić information content (AvgIpc) is 2.28. The van der Waals surface area contributed by atoms with E-state index >= 15 is 0 Å². The zero-order chi connectivity index (χ0) is 13.0. The molecule has 0 fully saturated rings. The van der Waals surface area contributed by atoms with Crippen molar-refractivity contribution in [2.75, 3.05) is 0 Å². The first-order chi connectivity index (χ1) is 7.91. The normalized spacial score (nSPS) is 14.0. The lowest BCUT2D eigenvalue weighted by Gasteiger charge is -2.09. The van der Waals surface area contributed by atoms with Crippen LogP contribution in [0, 0.1) is 5.92 Å². The molecule has 0 heterocycles. The van der Waals surface area contributed by atoms with Gasteiger partial charge in [0.05, 0.1) is 11.8 Å². The molecular weight excluding hydrogens is 220 g/mol. The summed E-state index contributed by atoms with van der Waals surface area (Å²) < 4.78 is 0. The highest BCUT2D eigenvalue weighted by Crippen LogP contribution is 2.17. The van der Waals surface area contributed by atoms with Crippen LogP contribution in [0.4, 0.5) is 0 Å². The predicted octanol–water partition coefficient (Wildman–Crippen LogP) is 2.14. The maximum atomic E-state index is 10.8. The summed E-state index contributed by atoms with van der Waals surface area (Å²) >= 11 is 0. The molecule has 1 rings (SSSR count). The maximum absolute atomic E-state index is 10.8. The number of carboxylic acid groups (broad SMARTS) is 2. The second-order valence-corrected chi connectivity index (χ2v) is 4.24. The molecule has 92 valence electrons. The molecule has 2 N–H and O–H groups in total. The molecule has 0 saturated heterocycles. The Morgan fingerprint density at radius 2 is 1.59 bits per heavy atom. The SMILES string of the molecule is CC(Cc1ccc(C(C)C(=O)O)cc1)C(=O)O. The van der Waals surface area contributed by atoms with E-state index in [1.165, 1.54) is 0 Å². The molecule has 0 amide bonds. The monoisotopic (exact) mass is 236 g/mol. The van der Waals surface area contributed by atoms with Crippen molar-refractivity contribution in [3.05, 3.63) is 35.4 Å². The van der Waals surface area contributed by atoms with Gasteiger partial charge in [-0.1, -0.05) is 31.2 Å². The Balaban J connectivity index is 2.75. The lowest BCUT2D eigenvalue weighted by molar-refractivity contribution is -0.141. The number of hydrogen-bond donors (Lipinski definition) is 2. The third-order valence-corrected chi connectivity index (χ3v) is 2.81. The van der Waals surface area contributed by atoms with Gasteiger partial charge in [-0.25, -0.2) is 0 Å². The topological polar surface area (TPSA) is 74.6 Å². The molecule has 2 atom stereocenters. The second kappa shape index (κ2) is 5.48. The molecule has 0 radical (unpaired) electrons. The standard InChI is InChI=1S/C13H16O4/c1-8(12(14)15)7-10-3-5-11(6-4-10)9(2)13(16)17/h3-6,8-9H,7H2,1-2H3,(H,14,15)(H,16,17). The Morgan fingerprint density at radius 1 is 1.06 bits per heavy atom. The van der Waals surface area contributed by atoms with Gasteiger partial charge in [0.15, 0.2) is 0 Å². The van der Waals surface area contributed by atoms with Crippen LogP contribution >= 0.6 is 0 Å². The first-order valence-electron chi connectivity index (χ1n) is 5.46. The Labute approximate surface area is 99.9 Å². The number of benzene rings is 1. The van der Waals surface area contributed by atoms with Crippen molar-refractivity contribution in [3.8, 4) is 0 Å². The lowest BCUT2D eigenvalue weighted by atomic mass is 9.96. The quantitative estimate of drug-likeness (QED) is 0.821. The zero-order valence-electron chi connectivity index (χ0n) is 9.88. The van der Waals surface area contributed by atoms with Crippen LogP contribution in [0.2, 0.25) is 0 Å². The van der Waals surface area contributed by atoms with E-state index in [2.05, 4.69) is 0 Å². The van der Waals surface area contributed by atoms with Crippen molar-refractivity contribution in [3.63, 3.8) is 0 Å². The van der Waals surface area contributed by atoms with Gasteiger partial charge >= 0.3 is 11.9 Å². The molecule has 0 aliphatic heterocycles. The second-order valence-electron chi connectivity index (χ2n) is 4.24. The molecule has 0 saturated carbocycles. The summed E-state index contributed by atoms with van der Waals surface area (Å²) in [5, 5.41) is 17.6. The van der Waals surface area contributed by atoms with Crippen molar-refractivity contribution < 1.29 is 19.8 Å². The highest BCUT2D eigenvalue weighted by Gasteiger charge is 2.14. The summed E-state index contributed by atoms with van der Waals surface area (Å²) in [6.45, 7) is 3.27. The smallest absolute Gasteiger partial charge is 0.310 e. The highest BCUT2D eigenvalue weighted by molar-refractivity contribution is 5.75. The summed E-state index contributed by atoms with van der Waals surface area (Å²) in [6, 6.07) is 7.05. The van der Waals surface area contributed by atoms with Crippen LogP contribution in [-0.2, 0) is 16.0 Å². The van der Waals surface area contributed by atoms with Gasteiger partial charge in [0.2, 0.25) is 0 Å². The van der Waals surface area contributed by atoms with E-state index in [9.17, 15) is 9.59 Å². The van der Waals surface area contributed by atoms with Gasteiger partial charge < -0.3 is 10.2 Å². The van der Waals surface area contributed by atoms with E-state index in [0.29, 0.717) is 6.42 Å². The summed E-state index contributed by atoms with van der Waals surface area (Å²) in [6.07, 6.45) is 0.455. The Hall–Kier alpha value is -1.84. The van der Waals surface area contributed by atoms with E-state index in [1.807, 2.05) is 0 Å². The lowest BCUT2D eigenvalue weighted by Crippen LogP contribution is -2.12. The largest absolute Gasteiger partial charge is 0.481 e. The molecule has 0 aliphatic rings. The Kier molecular flexibility index (Phi) is 4.26. The van der Waals surface area contributed by atoms with E-state index in [-0.39, 0.29) is 0 Å². The van der Waals surface area contributed by atoms with Crippen molar-refractivity contribution in [2.24, 2.45) is 5.92 Å². The summed E-state index contributed by atoms with van der Waals surface area (Å²) in [7, 11) is 0. The molecule has 0 bridgehead atoms. The first kappa shape index (κ1) is 13.2. The van der Waals surface area contributed by atoms with Crippen LogP contribution in [-0.4, -0.2) is 22.2 Å². The number of rotatable bonds is 5. The van der Waals surface area contributed by atoms with Crippen molar-refractivity contribution in [2.45, 2.75) is 26.2 Å². The maximum Gasteiger partial charge on any atom is 0.310 e. The van der Waals surface area contributed by atoms with Gasteiger partial charge in [-0.3, -0.25) is 9.59 Å². The Bertz CT molecular complexity index is 408. The number of hydrogen-bond acceptors (Lipinski definition) is 2. The highest BCUT2D eigenvalue weighted by atomic mass is 16.4. The molecule has 1 aromatic carbocycles. The first-order valence-corrected chi connectivity index (χ1v) is 5.46. The van der Waals surface area contributed by atoms with Crippen LogP contribution in [0.5, 0.6) is 0 Å². The minimum absolute atomic E-state index is 0.433. The van der Waals surface area contributed by atoms with Crippen LogP contribution in [0.3, 0.4) is 0 Å². The van der Waals surface area contributed by atoms with Crippen LogP contribution < -0.4 is 0 Å². The molecule has 17 heavy (non-hydrogen) atoms. The van der Waals surface area contributed by atoms with Gasteiger partial charge in [-0.15, -0.1) is 0 Å². The van der Waals surface area contributed by atoms with E-state index < -0.39 is 23.8 Å². The van der Waals surface area contributed by atoms with Gasteiger partial charge in [0.25, 0.3) is 0 Å². The minimum atomic E-state index is -0.864. The molecule has 4 heteroatoms. The number of aliphatic carboxylic acids is 2. The van der Waals surface area contributed by atoms with Crippen LogP contribution in [0.15, 0.2) is 24.3 Å². The number of carboxylic acids is 2. The van der Waals surface area contributed by atoms with Crippen molar-refractivity contribution in [1.82, 2.24) is 0 Å². The van der Waals surface area contributed by atoms with Crippen LogP contribution in [0.1, 0.15) is 30.9 Å². The number of carbonyl (C=O) groups is 2. The van der Waals surface area contributed by atoms with Gasteiger partial charge in [0, 0.05) is 0 Å². The average molecular weight is 236 g/mol. The molecular formula is C13H16O4. The zero-order valence-corrected chi connectivity index (χ0v) is 9.88. The van der Waals surface area contributed by atoms with E-state index in [4.69, 9.17) is 10.2 Å². The van der Waals surface area contributed by atoms with Gasteiger partial charge in [-0.2, -0.15) is 0 Å². The fraction of sp³-hybridized carbons (Fsp3) is 0.385. The van der Waals surface area contributed by atoms with E-state index in [1.54, 1.807) is 38.1 Å². The minimum Gasteiger partial charge on any atom is -0.481 e. The van der Waals surface area contributed by atoms with Crippen LogP contribution in [0.25, 0.3) is 0 Å². The molecule has 0 aromatic heterocycles. The predicted molar refractivity (Wildman–Crippen MR) is 63.0 cm³/mol. The fourth-order valence-electron chi connectivity index (χ4n) is 1.53. The summed E-state index contributed by atoms with van der Waals surface area (Å²) in [5.74, 6) is -2.66. The molecule has 0 spiro atoms. The third-order valence-electron chi connectivity index (χ3n) is 2.81. The molecule has 1 aromatic rings. The third kappa shape index (κ3) is 3.59. The van der Waals surface area contributed by atoms with E-state index in [0.717, 1.165) is 11.1 Å². The summed E-state index contributed by atoms with van der Waals surface area (Å²) in [5.41, 5.74) is 1.63. The molecule has 2 unspecified atom stereocenters. The molecule has 4 nitrogen and oxygen atoms in total. The fourth-order valence-corrected chi connectivity index (χ4v) is 1.53. The van der Waals surface area contributed by atoms with Crippen molar-refractivity contribution in [1.29, 1.82) is 0 Å². The van der Waals surface area contributed by atoms with Crippen molar-refractivity contribution >= 4 is 11.9 Å². The Morgan fingerprint density at radius 3 is 2.00 bits per heavy atom. The molecule has 0 aliphatic carbocycles.